The lowest BCUT2D eigenvalue weighted by Crippen LogP contribution is -1.95. The normalized spacial score (nSPS) is 10.4. The van der Waals surface area contributed by atoms with E-state index in [2.05, 4.69) is 31.9 Å². The molecule has 2 nitrogen and oxygen atoms in total. The van der Waals surface area contributed by atoms with Crippen LogP contribution in [0.2, 0.25) is 0 Å². The molecule has 0 aliphatic carbocycles. The highest BCUT2D eigenvalue weighted by Crippen LogP contribution is 2.34. The van der Waals surface area contributed by atoms with Gasteiger partial charge in [-0.25, -0.2) is 0 Å². The maximum absolute atomic E-state index is 9.99. The van der Waals surface area contributed by atoms with E-state index < -0.39 is 0 Å². The number of ether oxygens (including phenoxy) is 1. The van der Waals surface area contributed by atoms with Crippen LogP contribution in [0.5, 0.6) is 11.5 Å². The zero-order valence-electron chi connectivity index (χ0n) is 9.78. The minimum Gasteiger partial charge on any atom is -0.506 e. The third-order valence-corrected chi connectivity index (χ3v) is 3.97. The lowest BCUT2D eigenvalue weighted by Gasteiger charge is -2.11. The highest BCUT2D eigenvalue weighted by Gasteiger charge is 2.11. The largest absolute Gasteiger partial charge is 0.506 e. The molecule has 2 rings (SSSR count). The molecule has 0 spiro atoms. The van der Waals surface area contributed by atoms with Crippen LogP contribution in [-0.2, 0) is 6.42 Å². The van der Waals surface area contributed by atoms with Crippen LogP contribution >= 0.6 is 31.9 Å². The molecular formula is C14H12Br2O2. The molecular weight excluding hydrogens is 360 g/mol. The summed E-state index contributed by atoms with van der Waals surface area (Å²) in [5, 5.41) is 9.99. The molecule has 0 bridgehead atoms. The van der Waals surface area contributed by atoms with Crippen LogP contribution in [0.3, 0.4) is 0 Å². The summed E-state index contributed by atoms with van der Waals surface area (Å²) in [5.74, 6) is 1.08. The minimum atomic E-state index is 0.277. The third kappa shape index (κ3) is 2.70. The van der Waals surface area contributed by atoms with Gasteiger partial charge in [0.25, 0.3) is 0 Å². The monoisotopic (exact) mass is 370 g/mol. The maximum atomic E-state index is 9.99. The topological polar surface area (TPSA) is 29.5 Å². The molecule has 0 atom stereocenters. The van der Waals surface area contributed by atoms with Gasteiger partial charge in [-0.3, -0.25) is 0 Å². The number of hydrogen-bond donors (Lipinski definition) is 1. The van der Waals surface area contributed by atoms with E-state index in [9.17, 15) is 5.11 Å². The summed E-state index contributed by atoms with van der Waals surface area (Å²) < 4.78 is 6.99. The van der Waals surface area contributed by atoms with Gasteiger partial charge in [-0.2, -0.15) is 0 Å². The molecule has 2 aromatic rings. The number of rotatable bonds is 3. The number of benzene rings is 2. The number of aromatic hydroxyl groups is 1. The van der Waals surface area contributed by atoms with Crippen LogP contribution in [0.25, 0.3) is 0 Å². The smallest absolute Gasteiger partial charge is 0.136 e. The Morgan fingerprint density at radius 1 is 1.00 bits per heavy atom. The van der Waals surface area contributed by atoms with Crippen molar-refractivity contribution >= 4 is 31.9 Å². The van der Waals surface area contributed by atoms with Crippen molar-refractivity contribution in [3.05, 3.63) is 56.5 Å². The maximum Gasteiger partial charge on any atom is 0.136 e. The zero-order chi connectivity index (χ0) is 13.1. The van der Waals surface area contributed by atoms with Gasteiger partial charge in [0.15, 0.2) is 0 Å². The molecule has 0 radical (unpaired) electrons. The van der Waals surface area contributed by atoms with Gasteiger partial charge in [-0.05, 0) is 55.1 Å². The van der Waals surface area contributed by atoms with Crippen molar-refractivity contribution in [2.45, 2.75) is 6.42 Å². The number of methoxy groups -OCH3 is 1. The first-order valence-electron chi connectivity index (χ1n) is 5.41. The van der Waals surface area contributed by atoms with E-state index in [-0.39, 0.29) is 5.75 Å². The summed E-state index contributed by atoms with van der Waals surface area (Å²) in [7, 11) is 1.64. The van der Waals surface area contributed by atoms with Gasteiger partial charge in [-0.1, -0.05) is 24.3 Å². The molecule has 0 aromatic heterocycles. The second kappa shape index (κ2) is 5.76. The van der Waals surface area contributed by atoms with Gasteiger partial charge in [0.05, 0.1) is 16.1 Å². The van der Waals surface area contributed by atoms with E-state index in [4.69, 9.17) is 4.74 Å². The zero-order valence-corrected chi connectivity index (χ0v) is 13.0. The molecule has 0 heterocycles. The Morgan fingerprint density at radius 2 is 1.61 bits per heavy atom. The van der Waals surface area contributed by atoms with Crippen LogP contribution in [-0.4, -0.2) is 12.2 Å². The standard InChI is InChI=1S/C14H12Br2O2/c1-18-14-10(5-3-7-12(14)16)8-9-4-2-6-11(15)13(9)17/h2-7,17H,8H2,1H3. The fourth-order valence-electron chi connectivity index (χ4n) is 1.83. The van der Waals surface area contributed by atoms with Crippen molar-refractivity contribution in [2.24, 2.45) is 0 Å². The quantitative estimate of drug-likeness (QED) is 0.859. The first-order valence-corrected chi connectivity index (χ1v) is 7.00. The van der Waals surface area contributed by atoms with Crippen LogP contribution in [0.4, 0.5) is 0 Å². The average molecular weight is 372 g/mol. The number of phenolic OH excluding ortho intramolecular Hbond substituents is 1. The van der Waals surface area contributed by atoms with Crippen LogP contribution < -0.4 is 4.74 Å². The summed E-state index contributed by atoms with van der Waals surface area (Å²) in [5.41, 5.74) is 1.89. The molecule has 4 heteroatoms. The highest BCUT2D eigenvalue weighted by atomic mass is 79.9. The summed E-state index contributed by atoms with van der Waals surface area (Å²) in [6.07, 6.45) is 0.619. The first kappa shape index (κ1) is 13.4. The van der Waals surface area contributed by atoms with Crippen molar-refractivity contribution in [3.8, 4) is 11.5 Å². The van der Waals surface area contributed by atoms with E-state index in [0.29, 0.717) is 10.9 Å². The van der Waals surface area contributed by atoms with Crippen molar-refractivity contribution in [1.29, 1.82) is 0 Å². The van der Waals surface area contributed by atoms with Crippen LogP contribution in [0.1, 0.15) is 11.1 Å². The van der Waals surface area contributed by atoms with E-state index in [0.717, 1.165) is 21.3 Å². The van der Waals surface area contributed by atoms with Crippen molar-refractivity contribution < 1.29 is 9.84 Å². The first-order chi connectivity index (χ1) is 8.63. The molecule has 0 saturated carbocycles. The second-order valence-corrected chi connectivity index (χ2v) is 5.57. The molecule has 2 aromatic carbocycles. The Labute approximate surface area is 123 Å². The van der Waals surface area contributed by atoms with Crippen molar-refractivity contribution in [1.82, 2.24) is 0 Å². The van der Waals surface area contributed by atoms with Gasteiger partial charge in [0.1, 0.15) is 11.5 Å². The van der Waals surface area contributed by atoms with Crippen molar-refractivity contribution in [3.63, 3.8) is 0 Å². The fraction of sp³-hybridized carbons (Fsp3) is 0.143. The molecule has 18 heavy (non-hydrogen) atoms. The molecule has 94 valence electrons. The van der Waals surface area contributed by atoms with Gasteiger partial charge >= 0.3 is 0 Å². The molecule has 0 aliphatic heterocycles. The van der Waals surface area contributed by atoms with Crippen LogP contribution in [0, 0.1) is 0 Å². The number of halogens is 2. The lowest BCUT2D eigenvalue weighted by atomic mass is 10.0. The molecule has 0 unspecified atom stereocenters. The Kier molecular flexibility index (Phi) is 4.30. The molecule has 1 N–H and O–H groups in total. The Balaban J connectivity index is 2.40. The lowest BCUT2D eigenvalue weighted by molar-refractivity contribution is 0.407. The minimum absolute atomic E-state index is 0.277. The number of phenols is 1. The Hall–Kier alpha value is -1.00. The van der Waals surface area contributed by atoms with Gasteiger partial charge in [0, 0.05) is 6.42 Å². The summed E-state index contributed by atoms with van der Waals surface area (Å²) in [6, 6.07) is 11.5. The predicted molar refractivity (Wildman–Crippen MR) is 79.3 cm³/mol. The van der Waals surface area contributed by atoms with Crippen LogP contribution in [0.15, 0.2) is 45.3 Å². The number of para-hydroxylation sites is 2. The van der Waals surface area contributed by atoms with Gasteiger partial charge in [-0.15, -0.1) is 0 Å². The average Bonchev–Trinajstić information content (AvgIpc) is 2.35. The van der Waals surface area contributed by atoms with Gasteiger partial charge in [0.2, 0.25) is 0 Å². The van der Waals surface area contributed by atoms with E-state index in [1.165, 1.54) is 0 Å². The fourth-order valence-corrected chi connectivity index (χ4v) is 2.81. The second-order valence-electron chi connectivity index (χ2n) is 3.86. The third-order valence-electron chi connectivity index (χ3n) is 2.70. The van der Waals surface area contributed by atoms with Crippen molar-refractivity contribution in [2.75, 3.05) is 7.11 Å². The summed E-state index contributed by atoms with van der Waals surface area (Å²) in [6.45, 7) is 0. The van der Waals surface area contributed by atoms with Gasteiger partial charge < -0.3 is 9.84 Å². The molecule has 0 amide bonds. The number of hydrogen-bond acceptors (Lipinski definition) is 2. The highest BCUT2D eigenvalue weighted by molar-refractivity contribution is 9.10. The Bertz CT molecular complexity index is 568. The SMILES string of the molecule is COc1c(Br)cccc1Cc1cccc(Br)c1O. The molecule has 0 saturated heterocycles. The van der Waals surface area contributed by atoms with E-state index in [1.54, 1.807) is 7.11 Å². The molecule has 0 aliphatic rings. The summed E-state index contributed by atoms with van der Waals surface area (Å²) >= 11 is 6.78. The predicted octanol–water partition coefficient (Wildman–Crippen LogP) is 4.52. The Morgan fingerprint density at radius 3 is 2.28 bits per heavy atom. The van der Waals surface area contributed by atoms with E-state index in [1.807, 2.05) is 36.4 Å². The van der Waals surface area contributed by atoms with E-state index >= 15 is 0 Å². The molecule has 0 fully saturated rings. The summed E-state index contributed by atoms with van der Waals surface area (Å²) in [4.78, 5) is 0.